The molecule has 5 nitrogen and oxygen atoms in total. The summed E-state index contributed by atoms with van der Waals surface area (Å²) in [6.07, 6.45) is 1.90. The number of hydrogen-bond acceptors (Lipinski definition) is 4. The molecule has 1 heterocycles. The van der Waals surface area contributed by atoms with Crippen LogP contribution >= 0.6 is 0 Å². The molecule has 0 aromatic rings. The topological polar surface area (TPSA) is 70.6 Å². The highest BCUT2D eigenvalue weighted by Crippen LogP contribution is 2.11. The first-order valence-electron chi connectivity index (χ1n) is 6.79. The van der Waals surface area contributed by atoms with Crippen LogP contribution in [0, 0.1) is 5.92 Å². The van der Waals surface area contributed by atoms with Crippen molar-refractivity contribution in [2.75, 3.05) is 19.8 Å². The lowest BCUT2D eigenvalue weighted by Gasteiger charge is -2.30. The van der Waals surface area contributed by atoms with Gasteiger partial charge in [0.2, 0.25) is 5.91 Å². The maximum absolute atomic E-state index is 12.1. The molecule has 1 aliphatic heterocycles. The fraction of sp³-hybridized carbons (Fsp3) is 0.923. The monoisotopic (exact) mass is 258 g/mol. The van der Waals surface area contributed by atoms with Gasteiger partial charge in [0.25, 0.3) is 0 Å². The molecule has 1 aliphatic rings. The van der Waals surface area contributed by atoms with E-state index in [4.69, 9.17) is 9.84 Å². The summed E-state index contributed by atoms with van der Waals surface area (Å²) in [6.45, 7) is 7.34. The van der Waals surface area contributed by atoms with Gasteiger partial charge in [0, 0.05) is 25.3 Å². The van der Waals surface area contributed by atoms with Crippen molar-refractivity contribution in [1.82, 2.24) is 10.6 Å². The summed E-state index contributed by atoms with van der Waals surface area (Å²) in [7, 11) is 0. The summed E-state index contributed by atoms with van der Waals surface area (Å²) >= 11 is 0. The van der Waals surface area contributed by atoms with Crippen LogP contribution in [-0.2, 0) is 9.53 Å². The van der Waals surface area contributed by atoms with Crippen molar-refractivity contribution in [3.05, 3.63) is 0 Å². The number of aliphatic hydroxyl groups excluding tert-OH is 1. The highest BCUT2D eigenvalue weighted by Gasteiger charge is 2.26. The number of carbonyl (C=O) groups is 1. The number of hydrogen-bond donors (Lipinski definition) is 3. The highest BCUT2D eigenvalue weighted by atomic mass is 16.5. The summed E-state index contributed by atoms with van der Waals surface area (Å²) in [5.74, 6) is 0.191. The second kappa shape index (κ2) is 7.71. The third-order valence-corrected chi connectivity index (χ3v) is 3.25. The fourth-order valence-electron chi connectivity index (χ4n) is 2.07. The Morgan fingerprint density at radius 3 is 2.44 bits per heavy atom. The van der Waals surface area contributed by atoms with Crippen LogP contribution in [0.25, 0.3) is 0 Å². The molecule has 0 unspecified atom stereocenters. The molecule has 18 heavy (non-hydrogen) atoms. The molecule has 0 radical (unpaired) electrons. The molecule has 1 rings (SSSR count). The van der Waals surface area contributed by atoms with E-state index in [1.165, 1.54) is 0 Å². The van der Waals surface area contributed by atoms with Crippen molar-refractivity contribution in [2.24, 2.45) is 5.92 Å². The van der Waals surface area contributed by atoms with E-state index in [0.29, 0.717) is 6.04 Å². The predicted molar refractivity (Wildman–Crippen MR) is 70.3 cm³/mol. The molecule has 2 atom stereocenters. The first-order chi connectivity index (χ1) is 8.54. The maximum atomic E-state index is 12.1. The van der Waals surface area contributed by atoms with Gasteiger partial charge >= 0.3 is 0 Å². The van der Waals surface area contributed by atoms with E-state index in [-0.39, 0.29) is 30.5 Å². The van der Waals surface area contributed by atoms with Crippen molar-refractivity contribution in [1.29, 1.82) is 0 Å². The third-order valence-electron chi connectivity index (χ3n) is 3.25. The molecule has 1 fully saturated rings. The number of aliphatic hydroxyl groups is 1. The number of rotatable bonds is 6. The van der Waals surface area contributed by atoms with Crippen molar-refractivity contribution < 1.29 is 14.6 Å². The van der Waals surface area contributed by atoms with E-state index in [9.17, 15) is 4.79 Å². The molecule has 0 aliphatic carbocycles. The Bertz CT molecular complexity index is 253. The molecule has 106 valence electrons. The molecule has 0 aromatic carbocycles. The standard InChI is InChI=1S/C13H26N2O3/c1-9(2)12(13(17)14-10(3)8-16)15-11-4-6-18-7-5-11/h9-12,15-16H,4-8H2,1-3H3,(H,14,17)/t10-,12+/m0/s1. The fourth-order valence-corrected chi connectivity index (χ4v) is 2.07. The van der Waals surface area contributed by atoms with Gasteiger partial charge in [-0.15, -0.1) is 0 Å². The van der Waals surface area contributed by atoms with Gasteiger partial charge in [-0.05, 0) is 25.7 Å². The van der Waals surface area contributed by atoms with Crippen LogP contribution in [0.3, 0.4) is 0 Å². The van der Waals surface area contributed by atoms with E-state index in [1.807, 2.05) is 13.8 Å². The summed E-state index contributed by atoms with van der Waals surface area (Å²) < 4.78 is 5.31. The summed E-state index contributed by atoms with van der Waals surface area (Å²) in [4.78, 5) is 12.1. The molecule has 0 saturated carbocycles. The van der Waals surface area contributed by atoms with Crippen molar-refractivity contribution in [3.8, 4) is 0 Å². The van der Waals surface area contributed by atoms with Gasteiger partial charge in [-0.1, -0.05) is 13.8 Å². The number of carbonyl (C=O) groups excluding carboxylic acids is 1. The average Bonchev–Trinajstić information content (AvgIpc) is 2.36. The minimum atomic E-state index is -0.206. The number of ether oxygens (including phenoxy) is 1. The minimum absolute atomic E-state index is 0.0296. The lowest BCUT2D eigenvalue weighted by Crippen LogP contribution is -2.54. The average molecular weight is 258 g/mol. The van der Waals surface area contributed by atoms with Gasteiger partial charge in [0.1, 0.15) is 0 Å². The summed E-state index contributed by atoms with van der Waals surface area (Å²) in [5, 5.41) is 15.2. The maximum Gasteiger partial charge on any atom is 0.237 e. The lowest BCUT2D eigenvalue weighted by atomic mass is 9.99. The largest absolute Gasteiger partial charge is 0.394 e. The zero-order valence-electron chi connectivity index (χ0n) is 11.6. The molecular formula is C13H26N2O3. The zero-order chi connectivity index (χ0) is 13.5. The Balaban J connectivity index is 2.50. The Hall–Kier alpha value is -0.650. The first-order valence-corrected chi connectivity index (χ1v) is 6.79. The van der Waals surface area contributed by atoms with Crippen molar-refractivity contribution >= 4 is 5.91 Å². The van der Waals surface area contributed by atoms with Crippen LogP contribution in [0.5, 0.6) is 0 Å². The summed E-state index contributed by atoms with van der Waals surface area (Å²) in [6, 6.07) is -0.0568. The summed E-state index contributed by atoms with van der Waals surface area (Å²) in [5.41, 5.74) is 0. The molecule has 0 aromatic heterocycles. The Morgan fingerprint density at radius 1 is 1.33 bits per heavy atom. The van der Waals surface area contributed by atoms with Crippen LogP contribution in [-0.4, -0.2) is 49.0 Å². The molecule has 5 heteroatoms. The van der Waals surface area contributed by atoms with Gasteiger partial charge in [-0.25, -0.2) is 0 Å². The molecular weight excluding hydrogens is 232 g/mol. The quantitative estimate of drug-likeness (QED) is 0.640. The van der Waals surface area contributed by atoms with E-state index < -0.39 is 0 Å². The van der Waals surface area contributed by atoms with E-state index in [2.05, 4.69) is 10.6 Å². The van der Waals surface area contributed by atoms with Crippen LogP contribution in [0.1, 0.15) is 33.6 Å². The lowest BCUT2D eigenvalue weighted by molar-refractivity contribution is -0.125. The highest BCUT2D eigenvalue weighted by molar-refractivity contribution is 5.82. The van der Waals surface area contributed by atoms with Crippen LogP contribution < -0.4 is 10.6 Å². The molecule has 1 amide bonds. The van der Waals surface area contributed by atoms with Gasteiger partial charge in [-0.2, -0.15) is 0 Å². The SMILES string of the molecule is CC(C)[C@@H](NC1CCOCC1)C(=O)N[C@@H](C)CO. The van der Waals surface area contributed by atoms with Gasteiger partial charge in [0.15, 0.2) is 0 Å². The van der Waals surface area contributed by atoms with E-state index in [0.717, 1.165) is 26.1 Å². The molecule has 0 spiro atoms. The predicted octanol–water partition coefficient (Wildman–Crippen LogP) is 0.277. The minimum Gasteiger partial charge on any atom is -0.394 e. The Kier molecular flexibility index (Phi) is 6.60. The Labute approximate surface area is 109 Å². The normalized spacial score (nSPS) is 20.7. The Morgan fingerprint density at radius 2 is 1.94 bits per heavy atom. The van der Waals surface area contributed by atoms with E-state index in [1.54, 1.807) is 6.92 Å². The van der Waals surface area contributed by atoms with Gasteiger partial charge in [0.05, 0.1) is 12.6 Å². The molecule has 0 bridgehead atoms. The second-order valence-corrected chi connectivity index (χ2v) is 5.37. The van der Waals surface area contributed by atoms with Crippen LogP contribution in [0.15, 0.2) is 0 Å². The van der Waals surface area contributed by atoms with Crippen molar-refractivity contribution in [3.63, 3.8) is 0 Å². The number of amides is 1. The molecule has 1 saturated heterocycles. The second-order valence-electron chi connectivity index (χ2n) is 5.37. The van der Waals surface area contributed by atoms with Gasteiger partial charge < -0.3 is 20.5 Å². The zero-order valence-corrected chi connectivity index (χ0v) is 11.6. The molecule has 3 N–H and O–H groups in total. The van der Waals surface area contributed by atoms with Gasteiger partial charge in [-0.3, -0.25) is 4.79 Å². The van der Waals surface area contributed by atoms with Crippen LogP contribution in [0.2, 0.25) is 0 Å². The van der Waals surface area contributed by atoms with Crippen LogP contribution in [0.4, 0.5) is 0 Å². The first kappa shape index (κ1) is 15.4. The van der Waals surface area contributed by atoms with Crippen molar-refractivity contribution in [2.45, 2.75) is 51.7 Å². The third kappa shape index (κ3) is 4.92. The van der Waals surface area contributed by atoms with E-state index >= 15 is 0 Å². The smallest absolute Gasteiger partial charge is 0.237 e. The number of nitrogens with one attached hydrogen (secondary N) is 2.